The SMILES string of the molecule is CCCCC/C=C\C/C=C\C/C=C\C/C=C\CCCCCCCCCCCC(=O)NC(COP(=O)(O)OCC[N+](C)(C)C)C(/C=C\CCCCCCCCCCCC)OC(=O)CCCCCCCCC/C=C\C/C=C\CCCCC. The van der Waals surface area contributed by atoms with Crippen LogP contribution < -0.4 is 5.32 Å². The lowest BCUT2D eigenvalue weighted by Crippen LogP contribution is -2.47. The maximum atomic E-state index is 13.6. The fourth-order valence-electron chi connectivity index (χ4n) is 9.37. The summed E-state index contributed by atoms with van der Waals surface area (Å²) in [4.78, 5) is 37.8. The van der Waals surface area contributed by atoms with E-state index in [0.717, 1.165) is 109 Å². The van der Waals surface area contributed by atoms with Gasteiger partial charge in [0.2, 0.25) is 5.91 Å². The number of rotatable bonds is 60. The summed E-state index contributed by atoms with van der Waals surface area (Å²) in [7, 11) is 1.48. The number of hydrogen-bond acceptors (Lipinski definition) is 6. The zero-order chi connectivity index (χ0) is 58.6. The lowest BCUT2D eigenvalue weighted by Gasteiger charge is -2.27. The Kier molecular flexibility index (Phi) is 57.3. The molecule has 0 bridgehead atoms. The Balaban J connectivity index is 5.16. The first kappa shape index (κ1) is 77.2. The molecule has 0 aliphatic heterocycles. The molecule has 3 atom stereocenters. The van der Waals surface area contributed by atoms with Crippen molar-refractivity contribution in [1.29, 1.82) is 0 Å². The number of allylic oxidation sites excluding steroid dienone is 13. The average molecular weight is 1140 g/mol. The van der Waals surface area contributed by atoms with Gasteiger partial charge in [-0.15, -0.1) is 0 Å². The molecule has 0 spiro atoms. The molecule has 0 aromatic carbocycles. The van der Waals surface area contributed by atoms with Crippen molar-refractivity contribution in [2.45, 2.75) is 309 Å². The molecule has 0 heterocycles. The highest BCUT2D eigenvalue weighted by Gasteiger charge is 2.30. The third-order valence-corrected chi connectivity index (χ3v) is 15.5. The Labute approximate surface area is 495 Å². The van der Waals surface area contributed by atoms with Gasteiger partial charge in [-0.05, 0) is 109 Å². The molecule has 0 rings (SSSR count). The van der Waals surface area contributed by atoms with Gasteiger partial charge in [-0.25, -0.2) is 4.57 Å². The van der Waals surface area contributed by atoms with E-state index in [2.05, 4.69) is 99.0 Å². The van der Waals surface area contributed by atoms with Crippen molar-refractivity contribution in [3.05, 3.63) is 85.1 Å². The van der Waals surface area contributed by atoms with Gasteiger partial charge >= 0.3 is 13.8 Å². The average Bonchev–Trinajstić information content (AvgIpc) is 3.42. The van der Waals surface area contributed by atoms with Gasteiger partial charge in [0.05, 0.1) is 33.8 Å². The number of phosphoric ester groups is 1. The largest absolute Gasteiger partial charge is 0.472 e. The second kappa shape index (κ2) is 59.4. The second-order valence-electron chi connectivity index (χ2n) is 23.6. The van der Waals surface area contributed by atoms with Crippen LogP contribution in [0.25, 0.3) is 0 Å². The number of quaternary nitrogens is 1. The molecule has 0 saturated carbocycles. The molecule has 0 fully saturated rings. The summed E-state index contributed by atoms with van der Waals surface area (Å²) in [6.45, 7) is 6.96. The first-order chi connectivity index (χ1) is 38.9. The van der Waals surface area contributed by atoms with E-state index in [4.69, 9.17) is 13.8 Å². The van der Waals surface area contributed by atoms with Gasteiger partial charge in [-0.3, -0.25) is 18.6 Å². The summed E-state index contributed by atoms with van der Waals surface area (Å²) in [6, 6.07) is -0.859. The minimum absolute atomic E-state index is 0.0347. The number of carbonyl (C=O) groups is 2. The van der Waals surface area contributed by atoms with Crippen LogP contribution in [0.2, 0.25) is 0 Å². The maximum Gasteiger partial charge on any atom is 0.472 e. The monoisotopic (exact) mass is 1140 g/mol. The third kappa shape index (κ3) is 59.8. The van der Waals surface area contributed by atoms with E-state index in [-0.39, 0.29) is 31.5 Å². The number of nitrogens with one attached hydrogen (secondary N) is 1. The quantitative estimate of drug-likeness (QED) is 0.0205. The van der Waals surface area contributed by atoms with E-state index in [0.29, 0.717) is 17.4 Å². The van der Waals surface area contributed by atoms with E-state index in [1.807, 2.05) is 33.3 Å². The van der Waals surface area contributed by atoms with Gasteiger partial charge in [-0.1, -0.05) is 260 Å². The van der Waals surface area contributed by atoms with Crippen LogP contribution in [-0.2, 0) is 27.9 Å². The number of likely N-dealkylation sites (N-methyl/N-ethyl adjacent to an activating group) is 1. The molecule has 9 nitrogen and oxygen atoms in total. The van der Waals surface area contributed by atoms with Crippen LogP contribution in [0.4, 0.5) is 0 Å². The minimum atomic E-state index is -4.46. The molecular weight excluding hydrogens is 1010 g/mol. The van der Waals surface area contributed by atoms with Crippen LogP contribution in [0.15, 0.2) is 85.1 Å². The van der Waals surface area contributed by atoms with Crippen molar-refractivity contribution in [1.82, 2.24) is 5.32 Å². The Morgan fingerprint density at radius 3 is 1.16 bits per heavy atom. The number of phosphoric acid groups is 1. The van der Waals surface area contributed by atoms with Crippen LogP contribution >= 0.6 is 7.82 Å². The maximum absolute atomic E-state index is 13.6. The Morgan fingerprint density at radius 2 is 0.762 bits per heavy atom. The molecule has 3 unspecified atom stereocenters. The van der Waals surface area contributed by atoms with Gasteiger partial charge in [0.25, 0.3) is 0 Å². The van der Waals surface area contributed by atoms with Crippen molar-refractivity contribution in [3.63, 3.8) is 0 Å². The zero-order valence-electron chi connectivity index (χ0n) is 53.1. The predicted molar refractivity (Wildman–Crippen MR) is 346 cm³/mol. The molecule has 0 aliphatic carbocycles. The van der Waals surface area contributed by atoms with Crippen LogP contribution in [0, 0.1) is 0 Å². The molecule has 2 N–H and O–H groups in total. The number of esters is 1. The molecular formula is C70H128N2O7P+. The van der Waals surface area contributed by atoms with Gasteiger partial charge in [0, 0.05) is 12.8 Å². The van der Waals surface area contributed by atoms with E-state index < -0.39 is 20.0 Å². The zero-order valence-corrected chi connectivity index (χ0v) is 54.0. The summed E-state index contributed by atoms with van der Waals surface area (Å²) in [5.74, 6) is -0.518. The van der Waals surface area contributed by atoms with Crippen LogP contribution in [0.1, 0.15) is 297 Å². The van der Waals surface area contributed by atoms with Crippen LogP contribution in [0.3, 0.4) is 0 Å². The van der Waals surface area contributed by atoms with Crippen molar-refractivity contribution >= 4 is 19.7 Å². The van der Waals surface area contributed by atoms with E-state index >= 15 is 0 Å². The summed E-state index contributed by atoms with van der Waals surface area (Å²) in [5, 5.41) is 3.06. The lowest BCUT2D eigenvalue weighted by atomic mass is 10.0. The number of amides is 1. The molecule has 0 aromatic heterocycles. The Hall–Kier alpha value is -2.81. The molecule has 0 radical (unpaired) electrons. The number of nitrogens with zero attached hydrogens (tertiary/aromatic N) is 1. The van der Waals surface area contributed by atoms with Crippen molar-refractivity contribution in [3.8, 4) is 0 Å². The highest BCUT2D eigenvalue weighted by molar-refractivity contribution is 7.47. The normalized spacial score (nSPS) is 14.1. The van der Waals surface area contributed by atoms with Crippen molar-refractivity contribution in [2.24, 2.45) is 0 Å². The number of carbonyl (C=O) groups excluding carboxylic acids is 2. The lowest BCUT2D eigenvalue weighted by molar-refractivity contribution is -0.870. The van der Waals surface area contributed by atoms with Crippen LogP contribution in [-0.4, -0.2) is 74.3 Å². The highest BCUT2D eigenvalue weighted by Crippen LogP contribution is 2.43. The first-order valence-electron chi connectivity index (χ1n) is 33.4. The standard InChI is InChI=1S/C70H127N2O7P/c1-7-10-13-16-19-22-25-28-30-32-33-34-35-36-37-38-39-41-42-44-47-50-53-56-59-62-69(73)71-67(66-78-80(75,76)77-65-64-72(4,5)6)68(61-58-55-52-49-46-27-24-21-18-15-12-9-3)79-70(74)63-60-57-54-51-48-45-43-40-31-29-26-23-20-17-14-11-8-2/h19-20,22-23,28-31,33-34,36-37,58,61,67-68H,7-18,21,24-27,32,35,38-57,59-60,62-66H2,1-6H3,(H-,71,73,75,76)/p+1/b22-19-,23-20-,30-28-,31-29-,34-33-,37-36-,61-58-. The second-order valence-corrected chi connectivity index (χ2v) is 25.1. The summed E-state index contributed by atoms with van der Waals surface area (Å²) < 4.78 is 30.8. The molecule has 0 saturated heterocycles. The fourth-order valence-corrected chi connectivity index (χ4v) is 10.1. The van der Waals surface area contributed by atoms with E-state index in [1.54, 1.807) is 0 Å². The Morgan fingerprint density at radius 1 is 0.438 bits per heavy atom. The molecule has 0 aromatic rings. The molecule has 464 valence electrons. The summed E-state index contributed by atoms with van der Waals surface area (Å²) in [5.41, 5.74) is 0. The molecule has 1 amide bonds. The number of unbranched alkanes of at least 4 members (excludes halogenated alkanes) is 32. The van der Waals surface area contributed by atoms with E-state index in [9.17, 15) is 19.0 Å². The Bertz CT molecular complexity index is 1640. The van der Waals surface area contributed by atoms with Crippen LogP contribution in [0.5, 0.6) is 0 Å². The topological polar surface area (TPSA) is 111 Å². The van der Waals surface area contributed by atoms with Crippen molar-refractivity contribution in [2.75, 3.05) is 40.9 Å². The van der Waals surface area contributed by atoms with Gasteiger partial charge in [0.1, 0.15) is 19.3 Å². The summed E-state index contributed by atoms with van der Waals surface area (Å²) >= 11 is 0. The summed E-state index contributed by atoms with van der Waals surface area (Å²) in [6.07, 6.45) is 78.6. The number of hydrogen-bond donors (Lipinski definition) is 2. The van der Waals surface area contributed by atoms with Gasteiger partial charge in [-0.2, -0.15) is 0 Å². The minimum Gasteiger partial charge on any atom is -0.456 e. The molecule has 80 heavy (non-hydrogen) atoms. The van der Waals surface area contributed by atoms with Crippen molar-refractivity contribution < 1.29 is 37.3 Å². The third-order valence-electron chi connectivity index (χ3n) is 14.6. The molecule has 0 aliphatic rings. The highest BCUT2D eigenvalue weighted by atomic mass is 31.2. The van der Waals surface area contributed by atoms with E-state index in [1.165, 1.54) is 154 Å². The molecule has 10 heteroatoms. The van der Waals surface area contributed by atoms with Gasteiger partial charge in [0.15, 0.2) is 0 Å². The first-order valence-corrected chi connectivity index (χ1v) is 34.9. The fraction of sp³-hybridized carbons (Fsp3) is 0.771. The number of ether oxygens (including phenoxy) is 1. The smallest absolute Gasteiger partial charge is 0.456 e. The van der Waals surface area contributed by atoms with Gasteiger partial charge < -0.3 is 19.4 Å². The predicted octanol–water partition coefficient (Wildman–Crippen LogP) is 21.0.